The molecular weight excluding hydrogens is 363 g/mol. The minimum Gasteiger partial charge on any atom is -0.276 e. The van der Waals surface area contributed by atoms with Crippen molar-refractivity contribution in [3.63, 3.8) is 0 Å². The van der Waals surface area contributed by atoms with Crippen molar-refractivity contribution in [1.29, 1.82) is 0 Å². The second kappa shape index (κ2) is 6.92. The van der Waals surface area contributed by atoms with E-state index in [0.29, 0.717) is 6.54 Å². The summed E-state index contributed by atoms with van der Waals surface area (Å²) in [6.07, 6.45) is 2.79. The van der Waals surface area contributed by atoms with Crippen molar-refractivity contribution < 1.29 is 17.7 Å². The summed E-state index contributed by atoms with van der Waals surface area (Å²) in [5.41, 5.74) is 0.682. The molecule has 3 aromatic rings. The Morgan fingerprint density at radius 1 is 1.19 bits per heavy atom. The predicted molar refractivity (Wildman–Crippen MR) is 91.6 cm³/mol. The van der Waals surface area contributed by atoms with Crippen LogP contribution < -0.4 is 4.72 Å². The standard InChI is InChI=1S/C16H13FN4O4S/c17-13-6-4-12(5-7-13)10-20-11-14(9-18-20)19-26(24,25)16-3-1-2-15(8-16)21(22)23/h1-9,11,19H,10H2. The summed E-state index contributed by atoms with van der Waals surface area (Å²) < 4.78 is 41.5. The Hall–Kier alpha value is -3.27. The Bertz CT molecular complexity index is 1050. The molecule has 2 aromatic carbocycles. The third-order valence-electron chi connectivity index (χ3n) is 3.48. The number of nitrogens with one attached hydrogen (secondary N) is 1. The van der Waals surface area contributed by atoms with Crippen LogP contribution in [0.15, 0.2) is 65.8 Å². The summed E-state index contributed by atoms with van der Waals surface area (Å²) in [5.74, 6) is -0.348. The molecule has 0 saturated carbocycles. The third-order valence-corrected chi connectivity index (χ3v) is 4.86. The lowest BCUT2D eigenvalue weighted by molar-refractivity contribution is -0.385. The first-order chi connectivity index (χ1) is 12.3. The maximum atomic E-state index is 12.9. The van der Waals surface area contributed by atoms with Gasteiger partial charge < -0.3 is 0 Å². The van der Waals surface area contributed by atoms with Crippen molar-refractivity contribution in [3.05, 3.63) is 82.4 Å². The molecule has 10 heteroatoms. The van der Waals surface area contributed by atoms with Gasteiger partial charge in [-0.05, 0) is 23.8 Å². The highest BCUT2D eigenvalue weighted by molar-refractivity contribution is 7.92. The number of non-ortho nitro benzene ring substituents is 1. The molecule has 0 unspecified atom stereocenters. The molecule has 134 valence electrons. The second-order valence-corrected chi connectivity index (χ2v) is 7.10. The maximum absolute atomic E-state index is 12.9. The molecule has 0 spiro atoms. The summed E-state index contributed by atoms with van der Waals surface area (Å²) in [6.45, 7) is 0.332. The van der Waals surface area contributed by atoms with Gasteiger partial charge in [0.1, 0.15) is 5.82 Å². The van der Waals surface area contributed by atoms with Gasteiger partial charge in [0, 0.05) is 18.3 Å². The van der Waals surface area contributed by atoms with Crippen molar-refractivity contribution >= 4 is 21.4 Å². The van der Waals surface area contributed by atoms with Crippen molar-refractivity contribution in [2.24, 2.45) is 0 Å². The zero-order valence-corrected chi connectivity index (χ0v) is 14.1. The average molecular weight is 376 g/mol. The fourth-order valence-electron chi connectivity index (χ4n) is 2.26. The maximum Gasteiger partial charge on any atom is 0.270 e. The number of halogens is 1. The Balaban J connectivity index is 1.76. The number of hydrogen-bond acceptors (Lipinski definition) is 5. The molecule has 8 nitrogen and oxygen atoms in total. The highest BCUT2D eigenvalue weighted by Crippen LogP contribution is 2.20. The number of anilines is 1. The van der Waals surface area contributed by atoms with Gasteiger partial charge in [-0.3, -0.25) is 19.5 Å². The Morgan fingerprint density at radius 2 is 1.92 bits per heavy atom. The van der Waals surface area contributed by atoms with E-state index >= 15 is 0 Å². The molecule has 0 saturated heterocycles. The van der Waals surface area contributed by atoms with Crippen molar-refractivity contribution in [2.75, 3.05) is 4.72 Å². The number of nitrogens with zero attached hydrogens (tertiary/aromatic N) is 3. The highest BCUT2D eigenvalue weighted by atomic mass is 32.2. The van der Waals surface area contributed by atoms with Crippen molar-refractivity contribution in [3.8, 4) is 0 Å². The van der Waals surface area contributed by atoms with E-state index in [1.165, 1.54) is 47.4 Å². The fourth-order valence-corrected chi connectivity index (χ4v) is 3.33. The van der Waals surface area contributed by atoms with Gasteiger partial charge in [0.15, 0.2) is 0 Å². The number of nitro benzene ring substituents is 1. The Labute approximate surface area is 148 Å². The van der Waals surface area contributed by atoms with Crippen LogP contribution in [-0.4, -0.2) is 23.1 Å². The third kappa shape index (κ3) is 4.03. The van der Waals surface area contributed by atoms with Gasteiger partial charge in [-0.1, -0.05) is 18.2 Å². The summed E-state index contributed by atoms with van der Waals surface area (Å²) in [4.78, 5) is 9.90. The highest BCUT2D eigenvalue weighted by Gasteiger charge is 2.18. The van der Waals surface area contributed by atoms with Crippen LogP contribution in [0.2, 0.25) is 0 Å². The molecule has 0 radical (unpaired) electrons. The van der Waals surface area contributed by atoms with Crippen molar-refractivity contribution in [1.82, 2.24) is 9.78 Å². The van der Waals surface area contributed by atoms with Crippen LogP contribution >= 0.6 is 0 Å². The van der Waals surface area contributed by atoms with E-state index in [0.717, 1.165) is 11.6 Å². The largest absolute Gasteiger partial charge is 0.276 e. The molecule has 1 N–H and O–H groups in total. The number of rotatable bonds is 6. The van der Waals surface area contributed by atoms with E-state index in [9.17, 15) is 22.9 Å². The van der Waals surface area contributed by atoms with Gasteiger partial charge in [-0.2, -0.15) is 5.10 Å². The van der Waals surface area contributed by atoms with Gasteiger partial charge in [-0.25, -0.2) is 12.8 Å². The summed E-state index contributed by atoms with van der Waals surface area (Å²) in [7, 11) is -3.99. The van der Waals surface area contributed by atoms with Crippen LogP contribution in [-0.2, 0) is 16.6 Å². The van der Waals surface area contributed by atoms with Gasteiger partial charge >= 0.3 is 0 Å². The molecule has 0 aliphatic heterocycles. The Kier molecular flexibility index (Phi) is 4.67. The number of nitro groups is 1. The minimum absolute atomic E-state index is 0.207. The van der Waals surface area contributed by atoms with Crippen LogP contribution in [0.4, 0.5) is 15.8 Å². The smallest absolute Gasteiger partial charge is 0.270 e. The molecule has 3 rings (SSSR count). The number of aromatic nitrogens is 2. The summed E-state index contributed by atoms with van der Waals surface area (Å²) in [5, 5.41) is 14.8. The first-order valence-corrected chi connectivity index (χ1v) is 8.86. The summed E-state index contributed by atoms with van der Waals surface area (Å²) >= 11 is 0. The molecule has 0 atom stereocenters. The molecule has 0 aliphatic rings. The molecule has 26 heavy (non-hydrogen) atoms. The van der Waals surface area contributed by atoms with E-state index in [1.807, 2.05) is 0 Å². The lowest BCUT2D eigenvalue weighted by Gasteiger charge is -2.05. The zero-order chi connectivity index (χ0) is 18.7. The topological polar surface area (TPSA) is 107 Å². The van der Waals surface area contributed by atoms with E-state index in [1.54, 1.807) is 12.1 Å². The minimum atomic E-state index is -3.99. The molecule has 1 heterocycles. The van der Waals surface area contributed by atoms with Crippen LogP contribution in [0.25, 0.3) is 0 Å². The van der Waals surface area contributed by atoms with Gasteiger partial charge in [-0.15, -0.1) is 0 Å². The monoisotopic (exact) mass is 376 g/mol. The fraction of sp³-hybridized carbons (Fsp3) is 0.0625. The van der Waals surface area contributed by atoms with Gasteiger partial charge in [0.05, 0.1) is 28.2 Å². The molecule has 0 aliphatic carbocycles. The lowest BCUT2D eigenvalue weighted by Crippen LogP contribution is -2.12. The van der Waals surface area contributed by atoms with Gasteiger partial charge in [0.25, 0.3) is 15.7 Å². The van der Waals surface area contributed by atoms with E-state index in [4.69, 9.17) is 0 Å². The lowest BCUT2D eigenvalue weighted by atomic mass is 10.2. The molecular formula is C16H13FN4O4S. The number of hydrogen-bond donors (Lipinski definition) is 1. The number of benzene rings is 2. The number of sulfonamides is 1. The molecule has 0 amide bonds. The predicted octanol–water partition coefficient (Wildman–Crippen LogP) is 2.78. The molecule has 0 bridgehead atoms. The van der Waals surface area contributed by atoms with E-state index < -0.39 is 14.9 Å². The SMILES string of the molecule is O=[N+]([O-])c1cccc(S(=O)(=O)Nc2cnn(Cc3ccc(F)cc3)c2)c1. The molecule has 0 fully saturated rings. The Morgan fingerprint density at radius 3 is 2.62 bits per heavy atom. The molecule has 1 aromatic heterocycles. The first kappa shape index (κ1) is 17.5. The van der Waals surface area contributed by atoms with Crippen LogP contribution in [0.3, 0.4) is 0 Å². The van der Waals surface area contributed by atoms with E-state index in [-0.39, 0.29) is 22.1 Å². The second-order valence-electron chi connectivity index (χ2n) is 5.41. The van der Waals surface area contributed by atoms with Gasteiger partial charge in [0.2, 0.25) is 0 Å². The van der Waals surface area contributed by atoms with E-state index in [2.05, 4.69) is 9.82 Å². The van der Waals surface area contributed by atoms with Crippen LogP contribution in [0.1, 0.15) is 5.56 Å². The summed E-state index contributed by atoms with van der Waals surface area (Å²) in [6, 6.07) is 10.6. The first-order valence-electron chi connectivity index (χ1n) is 7.38. The van der Waals surface area contributed by atoms with Crippen molar-refractivity contribution in [2.45, 2.75) is 11.4 Å². The quantitative estimate of drug-likeness (QED) is 0.526. The van der Waals surface area contributed by atoms with Crippen LogP contribution in [0, 0.1) is 15.9 Å². The van der Waals surface area contributed by atoms with Crippen LogP contribution in [0.5, 0.6) is 0 Å². The zero-order valence-electron chi connectivity index (χ0n) is 13.2. The average Bonchev–Trinajstić information content (AvgIpc) is 3.03. The normalized spacial score (nSPS) is 11.3.